The highest BCUT2D eigenvalue weighted by Crippen LogP contribution is 2.34. The molecule has 0 aliphatic heterocycles. The maximum absolute atomic E-state index is 13.0. The lowest BCUT2D eigenvalue weighted by atomic mass is 10.1. The first-order chi connectivity index (χ1) is 14.2. The van der Waals surface area contributed by atoms with Crippen LogP contribution in [0.5, 0.6) is 0 Å². The Bertz CT molecular complexity index is 1030. The number of aryl methyl sites for hydroxylation is 1. The van der Waals surface area contributed by atoms with Gasteiger partial charge in [0, 0.05) is 13.3 Å². The lowest BCUT2D eigenvalue weighted by Crippen LogP contribution is -2.16. The number of amides is 2. The molecule has 0 atom stereocenters. The van der Waals surface area contributed by atoms with Crippen molar-refractivity contribution in [1.82, 2.24) is 4.98 Å². The second kappa shape index (κ2) is 9.25. The van der Waals surface area contributed by atoms with Crippen LogP contribution < -0.4 is 10.6 Å². The number of unbranched alkanes of at least 4 members (excludes halogenated alkanes) is 1. The number of hydrogen-bond donors (Lipinski definition) is 2. The number of benzene rings is 2. The molecule has 0 aliphatic carbocycles. The molecule has 0 fully saturated rings. The molecule has 30 heavy (non-hydrogen) atoms. The van der Waals surface area contributed by atoms with Gasteiger partial charge in [-0.15, -0.1) is 11.3 Å². The summed E-state index contributed by atoms with van der Waals surface area (Å²) in [7, 11) is 0. The lowest BCUT2D eigenvalue weighted by Gasteiger charge is -2.14. The third-order valence-corrected chi connectivity index (χ3v) is 5.41. The summed E-state index contributed by atoms with van der Waals surface area (Å²) in [6.07, 6.45) is -2.37. The quantitative estimate of drug-likeness (QED) is 0.473. The number of fused-ring (bicyclic) bond motifs is 1. The highest BCUT2D eigenvalue weighted by Gasteiger charge is 2.31. The molecule has 0 bridgehead atoms. The van der Waals surface area contributed by atoms with Gasteiger partial charge < -0.3 is 10.6 Å². The molecule has 1 aromatic heterocycles. The van der Waals surface area contributed by atoms with Crippen molar-refractivity contribution < 1.29 is 22.8 Å². The Balaban J connectivity index is 1.57. The first-order valence-corrected chi connectivity index (χ1v) is 10.2. The van der Waals surface area contributed by atoms with E-state index >= 15 is 0 Å². The Morgan fingerprint density at radius 3 is 2.50 bits per heavy atom. The predicted octanol–water partition coefficient (Wildman–Crippen LogP) is 5.63. The van der Waals surface area contributed by atoms with Crippen LogP contribution in [-0.4, -0.2) is 16.8 Å². The van der Waals surface area contributed by atoms with E-state index in [0.717, 1.165) is 46.3 Å². The third-order valence-electron chi connectivity index (χ3n) is 4.31. The Morgan fingerprint density at radius 1 is 1.03 bits per heavy atom. The largest absolute Gasteiger partial charge is 0.416 e. The molecule has 158 valence electrons. The van der Waals surface area contributed by atoms with Crippen LogP contribution in [0.25, 0.3) is 10.2 Å². The molecule has 2 amide bonds. The lowest BCUT2D eigenvalue weighted by molar-refractivity contribution is -0.137. The van der Waals surface area contributed by atoms with Crippen molar-refractivity contribution in [3.63, 3.8) is 0 Å². The molecule has 0 aliphatic rings. The smallest absolute Gasteiger partial charge is 0.325 e. The number of thiazole rings is 1. The van der Waals surface area contributed by atoms with Gasteiger partial charge in [0.15, 0.2) is 0 Å². The summed E-state index contributed by atoms with van der Waals surface area (Å²) in [5.74, 6) is -0.855. The maximum Gasteiger partial charge on any atom is 0.416 e. The molecule has 5 nitrogen and oxygen atoms in total. The van der Waals surface area contributed by atoms with E-state index in [-0.39, 0.29) is 17.8 Å². The summed E-state index contributed by atoms with van der Waals surface area (Å²) in [5.41, 5.74) is 0.0996. The van der Waals surface area contributed by atoms with Crippen LogP contribution >= 0.6 is 11.3 Å². The van der Waals surface area contributed by atoms with Crippen LogP contribution in [0.3, 0.4) is 0 Å². The van der Waals surface area contributed by atoms with Crippen molar-refractivity contribution in [3.8, 4) is 0 Å². The molecular weight excluding hydrogens is 415 g/mol. The molecule has 2 N–H and O–H groups in total. The van der Waals surface area contributed by atoms with Gasteiger partial charge in [-0.25, -0.2) is 4.98 Å². The number of rotatable bonds is 7. The molecule has 2 aromatic carbocycles. The van der Waals surface area contributed by atoms with Gasteiger partial charge in [-0.05, 0) is 49.6 Å². The van der Waals surface area contributed by atoms with Crippen molar-refractivity contribution >= 4 is 44.7 Å². The highest BCUT2D eigenvalue weighted by molar-refractivity contribution is 7.18. The number of alkyl halides is 3. The fourth-order valence-electron chi connectivity index (χ4n) is 2.92. The van der Waals surface area contributed by atoms with Gasteiger partial charge in [0.2, 0.25) is 11.8 Å². The van der Waals surface area contributed by atoms with E-state index in [1.54, 1.807) is 11.3 Å². The molecule has 0 unspecified atom stereocenters. The molecule has 1 heterocycles. The van der Waals surface area contributed by atoms with Crippen LogP contribution in [-0.2, 0) is 22.2 Å². The van der Waals surface area contributed by atoms with Gasteiger partial charge >= 0.3 is 6.18 Å². The minimum absolute atomic E-state index is 0.0730. The SMILES string of the molecule is CC(=O)Nc1ccc(C(F)(F)F)cc1NC(=O)CCCCc1nc2ccccc2s1. The van der Waals surface area contributed by atoms with Gasteiger partial charge in [0.1, 0.15) is 0 Å². The van der Waals surface area contributed by atoms with E-state index in [2.05, 4.69) is 15.6 Å². The second-order valence-corrected chi connectivity index (χ2v) is 7.89. The van der Waals surface area contributed by atoms with Crippen molar-refractivity contribution in [1.29, 1.82) is 0 Å². The second-order valence-electron chi connectivity index (χ2n) is 6.77. The molecule has 0 spiro atoms. The average molecular weight is 435 g/mol. The molecule has 0 saturated carbocycles. The molecule has 3 aromatic rings. The van der Waals surface area contributed by atoms with E-state index in [4.69, 9.17) is 0 Å². The van der Waals surface area contributed by atoms with Crippen molar-refractivity contribution in [2.45, 2.75) is 38.8 Å². The van der Waals surface area contributed by atoms with E-state index in [9.17, 15) is 22.8 Å². The molecular formula is C21H20F3N3O2S. The molecule has 9 heteroatoms. The minimum atomic E-state index is -4.55. The fraction of sp³-hybridized carbons (Fsp3) is 0.286. The highest BCUT2D eigenvalue weighted by atomic mass is 32.1. The van der Waals surface area contributed by atoms with Gasteiger partial charge in [-0.2, -0.15) is 13.2 Å². The maximum atomic E-state index is 13.0. The average Bonchev–Trinajstić information content (AvgIpc) is 3.08. The zero-order valence-electron chi connectivity index (χ0n) is 16.2. The van der Waals surface area contributed by atoms with Gasteiger partial charge in [-0.3, -0.25) is 9.59 Å². The van der Waals surface area contributed by atoms with Crippen LogP contribution in [0, 0.1) is 0 Å². The topological polar surface area (TPSA) is 71.1 Å². The first kappa shape index (κ1) is 21.8. The molecule has 3 rings (SSSR count). The number of para-hydroxylation sites is 1. The summed E-state index contributed by atoms with van der Waals surface area (Å²) in [6.45, 7) is 1.24. The summed E-state index contributed by atoms with van der Waals surface area (Å²) in [4.78, 5) is 28.1. The first-order valence-electron chi connectivity index (χ1n) is 9.35. The van der Waals surface area contributed by atoms with Crippen LogP contribution in [0.4, 0.5) is 24.5 Å². The summed E-state index contributed by atoms with van der Waals surface area (Å²) < 4.78 is 40.1. The normalized spacial score (nSPS) is 11.5. The molecule has 0 saturated heterocycles. The van der Waals surface area contributed by atoms with Crippen LogP contribution in [0.1, 0.15) is 36.8 Å². The van der Waals surface area contributed by atoms with Gasteiger partial charge in [0.25, 0.3) is 0 Å². The molecule has 0 radical (unpaired) electrons. The third kappa shape index (κ3) is 5.79. The van der Waals surface area contributed by atoms with Gasteiger partial charge in [-0.1, -0.05) is 12.1 Å². The van der Waals surface area contributed by atoms with Crippen molar-refractivity contribution in [2.75, 3.05) is 10.6 Å². The Morgan fingerprint density at radius 2 is 1.80 bits per heavy atom. The van der Waals surface area contributed by atoms with E-state index in [1.807, 2.05) is 24.3 Å². The monoisotopic (exact) mass is 435 g/mol. The number of carbonyl (C=O) groups is 2. The van der Waals surface area contributed by atoms with Crippen molar-refractivity contribution in [2.24, 2.45) is 0 Å². The van der Waals surface area contributed by atoms with Crippen LogP contribution in [0.2, 0.25) is 0 Å². The number of halogens is 3. The number of carbonyl (C=O) groups excluding carboxylic acids is 2. The zero-order valence-corrected chi connectivity index (χ0v) is 17.0. The minimum Gasteiger partial charge on any atom is -0.325 e. The Kier molecular flexibility index (Phi) is 6.71. The fourth-order valence-corrected chi connectivity index (χ4v) is 3.93. The standard InChI is InChI=1S/C21H20F3N3O2S/c1-13(28)25-15-11-10-14(21(22,23)24)12-17(15)26-19(29)8-4-5-9-20-27-16-6-2-3-7-18(16)30-20/h2-3,6-7,10-12H,4-5,8-9H2,1H3,(H,25,28)(H,26,29). The van der Waals surface area contributed by atoms with Crippen LogP contribution in [0.15, 0.2) is 42.5 Å². The number of hydrogen-bond acceptors (Lipinski definition) is 4. The predicted molar refractivity (Wildman–Crippen MR) is 112 cm³/mol. The van der Waals surface area contributed by atoms with Gasteiger partial charge in [0.05, 0.1) is 32.2 Å². The summed E-state index contributed by atoms with van der Waals surface area (Å²) >= 11 is 1.61. The summed E-state index contributed by atoms with van der Waals surface area (Å²) in [5, 5.41) is 5.90. The Labute approximate surface area is 175 Å². The van der Waals surface area contributed by atoms with Crippen molar-refractivity contribution in [3.05, 3.63) is 53.0 Å². The number of anilines is 2. The van der Waals surface area contributed by atoms with E-state index < -0.39 is 23.6 Å². The Hall–Kier alpha value is -2.94. The number of aromatic nitrogens is 1. The van der Waals surface area contributed by atoms with E-state index in [1.165, 1.54) is 6.92 Å². The van der Waals surface area contributed by atoms with E-state index in [0.29, 0.717) is 6.42 Å². The summed E-state index contributed by atoms with van der Waals surface area (Å²) in [6, 6.07) is 10.7. The number of nitrogens with one attached hydrogen (secondary N) is 2. The number of nitrogens with zero attached hydrogens (tertiary/aromatic N) is 1. The zero-order chi connectivity index (χ0) is 21.7.